The predicted molar refractivity (Wildman–Crippen MR) is 113 cm³/mol. The fraction of sp³-hybridized carbons (Fsp3) is 0.238. The van der Waals surface area contributed by atoms with E-state index in [0.717, 1.165) is 43.2 Å². The molecule has 6 nitrogen and oxygen atoms in total. The van der Waals surface area contributed by atoms with Crippen molar-refractivity contribution in [1.82, 2.24) is 14.7 Å². The highest BCUT2D eigenvalue weighted by atomic mass is 35.5. The van der Waals surface area contributed by atoms with E-state index in [1.165, 1.54) is 0 Å². The van der Waals surface area contributed by atoms with Crippen LogP contribution in [0.25, 0.3) is 5.69 Å². The summed E-state index contributed by atoms with van der Waals surface area (Å²) in [5.74, 6) is -0.162. The Labute approximate surface area is 169 Å². The molecule has 144 valence electrons. The van der Waals surface area contributed by atoms with Crippen LogP contribution in [0.1, 0.15) is 10.4 Å². The van der Waals surface area contributed by atoms with Gasteiger partial charge in [-0.2, -0.15) is 5.10 Å². The maximum absolute atomic E-state index is 12.8. The van der Waals surface area contributed by atoms with Crippen molar-refractivity contribution in [2.75, 3.05) is 43.4 Å². The molecule has 1 N–H and O–H groups in total. The number of carbonyl (C=O) groups is 1. The second-order valence-electron chi connectivity index (χ2n) is 6.90. The van der Waals surface area contributed by atoms with Crippen LogP contribution in [0.3, 0.4) is 0 Å². The number of aromatic nitrogens is 2. The first-order chi connectivity index (χ1) is 13.6. The predicted octanol–water partition coefficient (Wildman–Crippen LogP) is 3.53. The van der Waals surface area contributed by atoms with E-state index in [4.69, 9.17) is 11.6 Å². The largest absolute Gasteiger partial charge is 0.367 e. The Morgan fingerprint density at radius 1 is 1.07 bits per heavy atom. The summed E-state index contributed by atoms with van der Waals surface area (Å²) in [5, 5.41) is 7.83. The number of benzene rings is 2. The number of likely N-dealkylation sites (N-methyl/N-ethyl adjacent to an activating group) is 1. The van der Waals surface area contributed by atoms with Crippen molar-refractivity contribution in [3.05, 3.63) is 71.5 Å². The van der Waals surface area contributed by atoms with E-state index in [0.29, 0.717) is 10.6 Å². The molecule has 1 fully saturated rings. The van der Waals surface area contributed by atoms with Crippen molar-refractivity contribution in [3.63, 3.8) is 0 Å². The van der Waals surface area contributed by atoms with Crippen LogP contribution in [-0.4, -0.2) is 53.8 Å². The molecular formula is C21H22ClN5O. The topological polar surface area (TPSA) is 53.4 Å². The average Bonchev–Trinajstić information content (AvgIpc) is 3.24. The van der Waals surface area contributed by atoms with Gasteiger partial charge in [-0.1, -0.05) is 11.6 Å². The molecule has 0 atom stereocenters. The number of nitrogens with zero attached hydrogens (tertiary/aromatic N) is 4. The van der Waals surface area contributed by atoms with Gasteiger partial charge >= 0.3 is 0 Å². The Bertz CT molecular complexity index is 947. The molecule has 0 spiro atoms. The van der Waals surface area contributed by atoms with Crippen molar-refractivity contribution in [2.45, 2.75) is 0 Å². The van der Waals surface area contributed by atoms with Crippen LogP contribution in [-0.2, 0) is 0 Å². The molecule has 1 aliphatic rings. The fourth-order valence-electron chi connectivity index (χ4n) is 3.31. The van der Waals surface area contributed by atoms with E-state index in [1.807, 2.05) is 42.6 Å². The zero-order chi connectivity index (χ0) is 19.5. The van der Waals surface area contributed by atoms with Crippen molar-refractivity contribution < 1.29 is 4.79 Å². The zero-order valence-electron chi connectivity index (χ0n) is 15.7. The third-order valence-corrected chi connectivity index (χ3v) is 5.18. The van der Waals surface area contributed by atoms with Crippen LogP contribution in [0.4, 0.5) is 11.4 Å². The molecule has 4 rings (SSSR count). The summed E-state index contributed by atoms with van der Waals surface area (Å²) in [5.41, 5.74) is 3.22. The number of rotatable bonds is 4. The standard InChI is InChI=1S/C21H22ClN5O/c1-25-11-13-26(14-12-25)20-8-5-17(22)15-19(20)24-21(28)16-3-6-18(7-4-16)27-10-2-9-23-27/h2-10,15H,11-14H2,1H3,(H,24,28). The fourth-order valence-corrected chi connectivity index (χ4v) is 3.49. The van der Waals surface area contributed by atoms with Gasteiger partial charge in [-0.15, -0.1) is 0 Å². The molecule has 0 radical (unpaired) electrons. The van der Waals surface area contributed by atoms with E-state index in [2.05, 4.69) is 27.3 Å². The summed E-state index contributed by atoms with van der Waals surface area (Å²) in [6.45, 7) is 3.81. The molecule has 1 aliphatic heterocycles. The summed E-state index contributed by atoms with van der Waals surface area (Å²) >= 11 is 6.20. The first kappa shape index (κ1) is 18.5. The van der Waals surface area contributed by atoms with Gasteiger partial charge in [-0.3, -0.25) is 4.79 Å². The molecule has 2 aromatic carbocycles. The maximum atomic E-state index is 12.8. The van der Waals surface area contributed by atoms with Crippen LogP contribution < -0.4 is 10.2 Å². The lowest BCUT2D eigenvalue weighted by atomic mass is 10.1. The first-order valence-corrected chi connectivity index (χ1v) is 9.62. The number of hydrogen-bond acceptors (Lipinski definition) is 4. The smallest absolute Gasteiger partial charge is 0.255 e. The minimum atomic E-state index is -0.162. The van der Waals surface area contributed by atoms with Crippen molar-refractivity contribution in [2.24, 2.45) is 0 Å². The van der Waals surface area contributed by atoms with E-state index >= 15 is 0 Å². The van der Waals surface area contributed by atoms with Gasteiger partial charge in [0.15, 0.2) is 0 Å². The second-order valence-corrected chi connectivity index (χ2v) is 7.34. The monoisotopic (exact) mass is 395 g/mol. The van der Waals surface area contributed by atoms with Crippen LogP contribution >= 0.6 is 11.6 Å². The molecule has 1 amide bonds. The minimum absolute atomic E-state index is 0.162. The molecule has 7 heteroatoms. The molecular weight excluding hydrogens is 374 g/mol. The van der Waals surface area contributed by atoms with Gasteiger partial charge < -0.3 is 15.1 Å². The Morgan fingerprint density at radius 3 is 2.50 bits per heavy atom. The number of halogens is 1. The lowest BCUT2D eigenvalue weighted by Crippen LogP contribution is -2.44. The van der Waals surface area contributed by atoms with Crippen LogP contribution in [0.5, 0.6) is 0 Å². The van der Waals surface area contributed by atoms with Gasteiger partial charge in [-0.25, -0.2) is 4.68 Å². The van der Waals surface area contributed by atoms with Gasteiger partial charge in [-0.05, 0) is 55.6 Å². The quantitative estimate of drug-likeness (QED) is 0.734. The van der Waals surface area contributed by atoms with Gasteiger partial charge in [0.1, 0.15) is 0 Å². The Hall–Kier alpha value is -2.83. The second kappa shape index (κ2) is 8.04. The van der Waals surface area contributed by atoms with Gasteiger partial charge in [0, 0.05) is 49.2 Å². The van der Waals surface area contributed by atoms with E-state index in [-0.39, 0.29) is 5.91 Å². The number of anilines is 2. The highest BCUT2D eigenvalue weighted by molar-refractivity contribution is 6.31. The summed E-state index contributed by atoms with van der Waals surface area (Å²) in [6, 6.07) is 14.9. The number of hydrogen-bond donors (Lipinski definition) is 1. The minimum Gasteiger partial charge on any atom is -0.367 e. The highest BCUT2D eigenvalue weighted by Crippen LogP contribution is 2.30. The molecule has 3 aromatic rings. The highest BCUT2D eigenvalue weighted by Gasteiger charge is 2.18. The van der Waals surface area contributed by atoms with E-state index in [1.54, 1.807) is 23.0 Å². The molecule has 2 heterocycles. The zero-order valence-corrected chi connectivity index (χ0v) is 16.4. The molecule has 28 heavy (non-hydrogen) atoms. The third kappa shape index (κ3) is 4.03. The molecule has 0 saturated carbocycles. The Kier molecular flexibility index (Phi) is 5.32. The van der Waals surface area contributed by atoms with Crippen LogP contribution in [0.2, 0.25) is 5.02 Å². The Balaban J connectivity index is 1.53. The summed E-state index contributed by atoms with van der Waals surface area (Å²) in [6.07, 6.45) is 3.59. The normalized spacial score (nSPS) is 14.9. The first-order valence-electron chi connectivity index (χ1n) is 9.24. The molecule has 1 saturated heterocycles. The summed E-state index contributed by atoms with van der Waals surface area (Å²) in [7, 11) is 2.12. The molecule has 1 aromatic heterocycles. The molecule has 0 aliphatic carbocycles. The number of piperazine rings is 1. The van der Waals surface area contributed by atoms with Crippen LogP contribution in [0.15, 0.2) is 60.9 Å². The lowest BCUT2D eigenvalue weighted by molar-refractivity contribution is 0.102. The maximum Gasteiger partial charge on any atom is 0.255 e. The van der Waals surface area contributed by atoms with Gasteiger partial charge in [0.25, 0.3) is 5.91 Å². The van der Waals surface area contributed by atoms with E-state index in [9.17, 15) is 4.79 Å². The summed E-state index contributed by atoms with van der Waals surface area (Å²) in [4.78, 5) is 17.4. The third-order valence-electron chi connectivity index (χ3n) is 4.95. The Morgan fingerprint density at radius 2 is 1.82 bits per heavy atom. The number of carbonyl (C=O) groups excluding carboxylic acids is 1. The van der Waals surface area contributed by atoms with Gasteiger partial charge in [0.2, 0.25) is 0 Å². The van der Waals surface area contributed by atoms with E-state index < -0.39 is 0 Å². The summed E-state index contributed by atoms with van der Waals surface area (Å²) < 4.78 is 1.75. The van der Waals surface area contributed by atoms with Crippen molar-refractivity contribution >= 4 is 28.9 Å². The average molecular weight is 396 g/mol. The number of nitrogens with one attached hydrogen (secondary N) is 1. The number of amides is 1. The lowest BCUT2D eigenvalue weighted by Gasteiger charge is -2.35. The van der Waals surface area contributed by atoms with Crippen molar-refractivity contribution in [1.29, 1.82) is 0 Å². The molecule has 0 unspecified atom stereocenters. The SMILES string of the molecule is CN1CCN(c2ccc(Cl)cc2NC(=O)c2ccc(-n3cccn3)cc2)CC1. The van der Waals surface area contributed by atoms with Gasteiger partial charge in [0.05, 0.1) is 17.1 Å². The van der Waals surface area contributed by atoms with Crippen molar-refractivity contribution in [3.8, 4) is 5.69 Å². The van der Waals surface area contributed by atoms with Crippen LogP contribution in [0, 0.1) is 0 Å². The molecule has 0 bridgehead atoms.